The summed E-state index contributed by atoms with van der Waals surface area (Å²) in [5.74, 6) is -0.763. The Morgan fingerprint density at radius 2 is 1.71 bits per heavy atom. The van der Waals surface area contributed by atoms with Gasteiger partial charge in [0.1, 0.15) is 22.9 Å². The first-order valence-corrected chi connectivity index (χ1v) is 8.86. The Kier molecular flexibility index (Phi) is 4.66. The van der Waals surface area contributed by atoms with E-state index in [2.05, 4.69) is 5.43 Å². The predicted molar refractivity (Wildman–Crippen MR) is 104 cm³/mol. The van der Waals surface area contributed by atoms with Crippen molar-refractivity contribution in [2.75, 3.05) is 5.01 Å². The molecule has 0 saturated carbocycles. The van der Waals surface area contributed by atoms with Crippen LogP contribution in [-0.4, -0.2) is 11.8 Å². The first kappa shape index (κ1) is 18.3. The Hall–Kier alpha value is -3.09. The predicted octanol–water partition coefficient (Wildman–Crippen LogP) is 4.85. The second kappa shape index (κ2) is 7.14. The maximum Gasteiger partial charge on any atom is 0.282 e. The molecule has 3 aromatic rings. The third-order valence-corrected chi connectivity index (χ3v) is 4.83. The average Bonchev–Trinajstić information content (AvgIpc) is 3.25. The van der Waals surface area contributed by atoms with Crippen LogP contribution in [-0.2, 0) is 9.59 Å². The lowest BCUT2D eigenvalue weighted by Gasteiger charge is -2.14. The van der Waals surface area contributed by atoms with Crippen LogP contribution < -0.4 is 10.4 Å². The lowest BCUT2D eigenvalue weighted by Crippen LogP contribution is -2.35. The molecule has 1 aromatic heterocycles. The Morgan fingerprint density at radius 3 is 2.43 bits per heavy atom. The van der Waals surface area contributed by atoms with Crippen molar-refractivity contribution in [2.24, 2.45) is 0 Å². The van der Waals surface area contributed by atoms with E-state index < -0.39 is 17.6 Å². The molecule has 2 heterocycles. The third-order valence-electron chi connectivity index (χ3n) is 4.09. The zero-order valence-electron chi connectivity index (χ0n) is 14.1. The highest BCUT2D eigenvalue weighted by Gasteiger charge is 2.34. The summed E-state index contributed by atoms with van der Waals surface area (Å²) < 4.78 is 18.8. The van der Waals surface area contributed by atoms with Gasteiger partial charge in [0, 0.05) is 5.56 Å². The summed E-state index contributed by atoms with van der Waals surface area (Å²) in [6.45, 7) is 0. The number of hydrazine groups is 1. The van der Waals surface area contributed by atoms with Crippen molar-refractivity contribution in [1.82, 2.24) is 5.43 Å². The standard InChI is InChI=1S/C20H11Cl2FN2O3/c21-16-7-1-11(9-17(16)22)18-8-6-14(28-18)10-15-19(26)24-25(20(15)27)13-4-2-12(23)3-5-13/h1-10H,(H,24,26)/b15-10+. The van der Waals surface area contributed by atoms with Crippen LogP contribution in [0.5, 0.6) is 0 Å². The highest BCUT2D eigenvalue weighted by Crippen LogP contribution is 2.30. The number of hydrogen-bond donors (Lipinski definition) is 1. The van der Waals surface area contributed by atoms with Gasteiger partial charge in [-0.05, 0) is 60.7 Å². The number of carbonyl (C=O) groups excluding carboxylic acids is 2. The number of hydrogen-bond acceptors (Lipinski definition) is 3. The monoisotopic (exact) mass is 416 g/mol. The van der Waals surface area contributed by atoms with E-state index in [0.29, 0.717) is 32.8 Å². The van der Waals surface area contributed by atoms with Crippen molar-refractivity contribution in [1.29, 1.82) is 0 Å². The number of rotatable bonds is 3. The van der Waals surface area contributed by atoms with Gasteiger partial charge in [-0.15, -0.1) is 0 Å². The molecule has 1 aliphatic rings. The number of anilines is 1. The third kappa shape index (κ3) is 3.40. The number of halogens is 3. The number of carbonyl (C=O) groups is 2. The Bertz CT molecular complexity index is 1120. The molecule has 0 aliphatic carbocycles. The maximum atomic E-state index is 13.1. The van der Waals surface area contributed by atoms with Gasteiger partial charge in [0.05, 0.1) is 15.7 Å². The van der Waals surface area contributed by atoms with Crippen molar-refractivity contribution < 1.29 is 18.4 Å². The molecule has 2 aromatic carbocycles. The van der Waals surface area contributed by atoms with Gasteiger partial charge in [-0.1, -0.05) is 23.2 Å². The Labute approximate surface area is 168 Å². The summed E-state index contributed by atoms with van der Waals surface area (Å²) in [5, 5.41) is 1.86. The van der Waals surface area contributed by atoms with Crippen LogP contribution in [0.15, 0.2) is 64.6 Å². The smallest absolute Gasteiger partial charge is 0.282 e. The van der Waals surface area contributed by atoms with Gasteiger partial charge < -0.3 is 4.42 Å². The summed E-state index contributed by atoms with van der Waals surface area (Å²) in [5.41, 5.74) is 3.39. The van der Waals surface area contributed by atoms with E-state index in [-0.39, 0.29) is 5.57 Å². The molecule has 8 heteroatoms. The van der Waals surface area contributed by atoms with E-state index in [1.807, 2.05) is 0 Å². The van der Waals surface area contributed by atoms with Crippen molar-refractivity contribution >= 4 is 46.8 Å². The van der Waals surface area contributed by atoms with E-state index in [4.69, 9.17) is 27.6 Å². The molecule has 1 saturated heterocycles. The number of nitrogens with zero attached hydrogens (tertiary/aromatic N) is 1. The van der Waals surface area contributed by atoms with Gasteiger partial charge in [0.2, 0.25) is 0 Å². The van der Waals surface area contributed by atoms with Crippen LogP contribution in [0.25, 0.3) is 17.4 Å². The largest absolute Gasteiger partial charge is 0.457 e. The molecule has 0 spiro atoms. The minimum atomic E-state index is -0.582. The number of amides is 2. The number of furan rings is 1. The lowest BCUT2D eigenvalue weighted by atomic mass is 10.2. The highest BCUT2D eigenvalue weighted by atomic mass is 35.5. The van der Waals surface area contributed by atoms with Gasteiger partial charge >= 0.3 is 0 Å². The summed E-state index contributed by atoms with van der Waals surface area (Å²) >= 11 is 11.9. The van der Waals surface area contributed by atoms with Crippen molar-refractivity contribution in [2.45, 2.75) is 0 Å². The van der Waals surface area contributed by atoms with Crippen molar-refractivity contribution in [3.63, 3.8) is 0 Å². The minimum absolute atomic E-state index is 0.0978. The topological polar surface area (TPSA) is 62.6 Å². The zero-order valence-corrected chi connectivity index (χ0v) is 15.6. The molecule has 0 atom stereocenters. The van der Waals surface area contributed by atoms with Gasteiger partial charge in [-0.3, -0.25) is 15.0 Å². The molecule has 1 fully saturated rings. The molecule has 5 nitrogen and oxygen atoms in total. The van der Waals surface area contributed by atoms with Gasteiger partial charge in [0.25, 0.3) is 11.8 Å². The van der Waals surface area contributed by atoms with E-state index in [1.165, 1.54) is 30.3 Å². The molecular weight excluding hydrogens is 406 g/mol. The first-order chi connectivity index (χ1) is 13.4. The van der Waals surface area contributed by atoms with Crippen LogP contribution in [0.3, 0.4) is 0 Å². The van der Waals surface area contributed by atoms with Gasteiger partial charge in [-0.25, -0.2) is 9.40 Å². The quantitative estimate of drug-likeness (QED) is 0.490. The minimum Gasteiger partial charge on any atom is -0.457 e. The maximum absolute atomic E-state index is 13.1. The first-order valence-electron chi connectivity index (χ1n) is 8.10. The van der Waals surface area contributed by atoms with Gasteiger partial charge in [-0.2, -0.15) is 0 Å². The molecule has 1 aliphatic heterocycles. The SMILES string of the molecule is O=C1NN(c2ccc(F)cc2)C(=O)/C1=C/c1ccc(-c2ccc(Cl)c(Cl)c2)o1. The zero-order chi connectivity index (χ0) is 19.8. The van der Waals surface area contributed by atoms with E-state index in [9.17, 15) is 14.0 Å². The molecule has 0 unspecified atom stereocenters. The fourth-order valence-electron chi connectivity index (χ4n) is 2.71. The summed E-state index contributed by atoms with van der Waals surface area (Å²) in [6.07, 6.45) is 1.35. The molecule has 140 valence electrons. The molecular formula is C20H11Cl2FN2O3. The van der Waals surface area contributed by atoms with E-state index >= 15 is 0 Å². The van der Waals surface area contributed by atoms with Crippen LogP contribution >= 0.6 is 23.2 Å². The number of benzene rings is 2. The second-order valence-electron chi connectivity index (χ2n) is 5.95. The summed E-state index contributed by atoms with van der Waals surface area (Å²) in [6, 6.07) is 13.6. The van der Waals surface area contributed by atoms with Crippen LogP contribution in [0.1, 0.15) is 5.76 Å². The Balaban J connectivity index is 1.61. The molecule has 2 amide bonds. The highest BCUT2D eigenvalue weighted by molar-refractivity contribution is 6.42. The summed E-state index contributed by atoms with van der Waals surface area (Å²) in [7, 11) is 0. The molecule has 0 bridgehead atoms. The molecule has 1 N–H and O–H groups in total. The number of nitrogens with one attached hydrogen (secondary N) is 1. The van der Waals surface area contributed by atoms with Gasteiger partial charge in [0.15, 0.2) is 0 Å². The van der Waals surface area contributed by atoms with Crippen LogP contribution in [0, 0.1) is 5.82 Å². The van der Waals surface area contributed by atoms with Crippen molar-refractivity contribution in [3.05, 3.63) is 81.8 Å². The molecule has 4 rings (SSSR count). The molecule has 0 radical (unpaired) electrons. The lowest BCUT2D eigenvalue weighted by molar-refractivity contribution is -0.117. The van der Waals surface area contributed by atoms with E-state index in [0.717, 1.165) is 5.01 Å². The van der Waals surface area contributed by atoms with E-state index in [1.54, 1.807) is 30.3 Å². The fourth-order valence-corrected chi connectivity index (χ4v) is 3.00. The van der Waals surface area contributed by atoms with Crippen molar-refractivity contribution in [3.8, 4) is 11.3 Å². The normalized spacial score (nSPS) is 15.4. The van der Waals surface area contributed by atoms with Crippen LogP contribution in [0.4, 0.5) is 10.1 Å². The second-order valence-corrected chi connectivity index (χ2v) is 6.76. The van der Waals surface area contributed by atoms with Crippen LogP contribution in [0.2, 0.25) is 10.0 Å². The Morgan fingerprint density at radius 1 is 0.964 bits per heavy atom. The fraction of sp³-hybridized carbons (Fsp3) is 0. The molecule has 28 heavy (non-hydrogen) atoms. The summed E-state index contributed by atoms with van der Waals surface area (Å²) in [4.78, 5) is 24.8. The average molecular weight is 417 g/mol.